The lowest BCUT2D eigenvalue weighted by Gasteiger charge is -2.21. The monoisotopic (exact) mass is 1440 g/mol. The van der Waals surface area contributed by atoms with Gasteiger partial charge in [-0.3, -0.25) is 37.3 Å². The fraction of sp³-hybridized carbons (Fsp3) is 0.679. The minimum atomic E-state index is -4.99. The maximum Gasteiger partial charge on any atom is 0.472 e. The molecule has 0 aliphatic carbocycles. The van der Waals surface area contributed by atoms with Crippen molar-refractivity contribution in [1.82, 2.24) is 0 Å². The molecule has 0 rings (SSSR count). The number of carbonyl (C=O) groups excluding carboxylic acids is 4. The van der Waals surface area contributed by atoms with Crippen LogP contribution in [0.4, 0.5) is 0 Å². The first-order valence-corrected chi connectivity index (χ1v) is 41.4. The molecule has 5 unspecified atom stereocenters. The number of hydrogen-bond donors (Lipinski definition) is 3. The molecule has 19 heteroatoms. The van der Waals surface area contributed by atoms with Gasteiger partial charge in [-0.1, -0.05) is 271 Å². The number of aliphatic hydroxyl groups is 1. The van der Waals surface area contributed by atoms with E-state index in [9.17, 15) is 43.2 Å². The Balaban J connectivity index is 5.40. The molecule has 0 saturated heterocycles. The first kappa shape index (κ1) is 95.2. The van der Waals surface area contributed by atoms with Crippen molar-refractivity contribution in [3.63, 3.8) is 0 Å². The van der Waals surface area contributed by atoms with E-state index in [-0.39, 0.29) is 25.7 Å². The Morgan fingerprint density at radius 3 is 0.820 bits per heavy atom. The van der Waals surface area contributed by atoms with Gasteiger partial charge in [0.1, 0.15) is 19.3 Å². The van der Waals surface area contributed by atoms with Gasteiger partial charge in [-0.2, -0.15) is 0 Å². The molecule has 3 N–H and O–H groups in total. The average Bonchev–Trinajstić information content (AvgIpc) is 1.00. The summed E-state index contributed by atoms with van der Waals surface area (Å²) in [6, 6.07) is 0. The van der Waals surface area contributed by atoms with Crippen LogP contribution in [0.25, 0.3) is 0 Å². The molecule has 0 spiro atoms. The van der Waals surface area contributed by atoms with Gasteiger partial charge in [0.2, 0.25) is 0 Å². The number of ether oxygens (including phenoxy) is 4. The summed E-state index contributed by atoms with van der Waals surface area (Å²) in [6.07, 6.45) is 80.2. The highest BCUT2D eigenvalue weighted by atomic mass is 31.2. The highest BCUT2D eigenvalue weighted by molar-refractivity contribution is 7.47. The lowest BCUT2D eigenvalue weighted by Crippen LogP contribution is -2.30. The number of carbonyl (C=O) groups is 4. The number of allylic oxidation sites excluding steroid dienone is 22. The van der Waals surface area contributed by atoms with Crippen molar-refractivity contribution < 1.29 is 80.2 Å². The number of phosphoric ester groups is 2. The van der Waals surface area contributed by atoms with Crippen LogP contribution < -0.4 is 0 Å². The molecule has 0 bridgehead atoms. The highest BCUT2D eigenvalue weighted by Crippen LogP contribution is 2.45. The second-order valence-corrected chi connectivity index (χ2v) is 28.1. The third-order valence-corrected chi connectivity index (χ3v) is 17.5. The van der Waals surface area contributed by atoms with E-state index < -0.39 is 97.5 Å². The predicted molar refractivity (Wildman–Crippen MR) is 408 cm³/mol. The van der Waals surface area contributed by atoms with E-state index >= 15 is 0 Å². The zero-order valence-electron chi connectivity index (χ0n) is 62.3. The number of aliphatic hydroxyl groups excluding tert-OH is 1. The summed E-state index contributed by atoms with van der Waals surface area (Å²) in [5.41, 5.74) is 0. The van der Waals surface area contributed by atoms with Gasteiger partial charge in [-0.15, -0.1) is 0 Å². The van der Waals surface area contributed by atoms with Gasteiger partial charge in [0.05, 0.1) is 26.4 Å². The average molecular weight is 1440 g/mol. The standard InChI is InChI=1S/C81H136O17P2/c1-5-9-13-17-21-25-29-32-35-37-40-43-47-50-54-58-62-66-79(84)92-72-77(98-81(86)68-64-60-56-52-48-44-41-38-36-33-30-26-22-18-14-10-6-2)74-96-100(89,90)94-70-75(82)69-93-99(87,88)95-73-76(97-80(85)67-63-59-55-51-45-28-24-20-16-12-8-4)71-91-78(83)65-61-57-53-49-46-42-39-34-31-27-23-19-15-11-7-3/h9-11,13-15,21-23,25-27,32-36,39-40,43,46,49,75-77,82H,5-8,12,16-20,24,28-31,37-38,41-42,44-45,47-48,50-74H2,1-4H3,(H,87,88)(H,89,90)/b13-9-,14-10-,15-11-,25-21-,26-22-,27-23-,35-32-,36-33-,39-34-,43-40-,49-46-. The van der Waals surface area contributed by atoms with Gasteiger partial charge in [0.15, 0.2) is 12.2 Å². The molecule has 0 radical (unpaired) electrons. The topological polar surface area (TPSA) is 237 Å². The van der Waals surface area contributed by atoms with Crippen molar-refractivity contribution in [1.29, 1.82) is 0 Å². The molecule has 100 heavy (non-hydrogen) atoms. The SMILES string of the molecule is CC/C=C\C/C=C\C/C=C\C/C=C\CCCCCCC(=O)OCC(COP(=O)(O)OCC(O)COP(=O)(O)OCC(COC(=O)CCCC/C=C\C/C=C\C/C=C\C/C=C\CC)OC(=O)CCCCCCCCCCCCC)OC(=O)CCCCCCCCC/C=C\C/C=C\C/C=C\CC. The molecule has 0 saturated carbocycles. The number of hydrogen-bond acceptors (Lipinski definition) is 15. The van der Waals surface area contributed by atoms with Gasteiger partial charge in [0.25, 0.3) is 0 Å². The van der Waals surface area contributed by atoms with Crippen LogP contribution in [0.2, 0.25) is 0 Å². The number of unbranched alkanes of at least 4 members (excludes halogenated alkanes) is 23. The first-order chi connectivity index (χ1) is 48.7. The van der Waals surface area contributed by atoms with Gasteiger partial charge < -0.3 is 33.8 Å². The van der Waals surface area contributed by atoms with Crippen LogP contribution in [0.3, 0.4) is 0 Å². The van der Waals surface area contributed by atoms with Crippen LogP contribution in [-0.2, 0) is 65.4 Å². The van der Waals surface area contributed by atoms with Gasteiger partial charge >= 0.3 is 39.5 Å². The highest BCUT2D eigenvalue weighted by Gasteiger charge is 2.30. The molecule has 17 nitrogen and oxygen atoms in total. The van der Waals surface area contributed by atoms with E-state index in [2.05, 4.69) is 161 Å². The Morgan fingerprint density at radius 1 is 0.290 bits per heavy atom. The summed E-state index contributed by atoms with van der Waals surface area (Å²) >= 11 is 0. The summed E-state index contributed by atoms with van der Waals surface area (Å²) in [7, 11) is -9.97. The normalized spacial score (nSPS) is 14.7. The van der Waals surface area contributed by atoms with Crippen molar-refractivity contribution in [2.45, 2.75) is 316 Å². The zero-order chi connectivity index (χ0) is 73.2. The molecule has 0 aliphatic rings. The summed E-state index contributed by atoms with van der Waals surface area (Å²) in [6.45, 7) is 4.44. The molecule has 0 aromatic heterocycles. The van der Waals surface area contributed by atoms with Crippen LogP contribution in [0.1, 0.15) is 297 Å². The summed E-state index contributed by atoms with van der Waals surface area (Å²) in [5.74, 6) is -2.26. The number of rotatable bonds is 71. The summed E-state index contributed by atoms with van der Waals surface area (Å²) < 4.78 is 68.4. The lowest BCUT2D eigenvalue weighted by molar-refractivity contribution is -0.161. The van der Waals surface area contributed by atoms with E-state index in [4.69, 9.17) is 37.0 Å². The van der Waals surface area contributed by atoms with Crippen LogP contribution in [0.15, 0.2) is 134 Å². The van der Waals surface area contributed by atoms with Gasteiger partial charge in [0, 0.05) is 25.7 Å². The first-order valence-electron chi connectivity index (χ1n) is 38.4. The maximum absolute atomic E-state index is 13.1. The van der Waals surface area contributed by atoms with Crippen molar-refractivity contribution in [2.24, 2.45) is 0 Å². The quantitative estimate of drug-likeness (QED) is 0.0169. The third kappa shape index (κ3) is 71.6. The molecule has 0 heterocycles. The molecular weight excluding hydrogens is 1310 g/mol. The molecule has 572 valence electrons. The smallest absolute Gasteiger partial charge is 0.462 e. The fourth-order valence-corrected chi connectivity index (χ4v) is 11.4. The molecule has 5 atom stereocenters. The molecule has 0 aliphatic heterocycles. The molecule has 0 aromatic carbocycles. The Kier molecular flexibility index (Phi) is 69.1. The van der Waals surface area contributed by atoms with E-state index in [1.54, 1.807) is 0 Å². The summed E-state index contributed by atoms with van der Waals surface area (Å²) in [5, 5.41) is 10.6. The van der Waals surface area contributed by atoms with Crippen molar-refractivity contribution >= 4 is 39.5 Å². The largest absolute Gasteiger partial charge is 0.472 e. The number of esters is 4. The minimum Gasteiger partial charge on any atom is -0.462 e. The number of phosphoric acid groups is 2. The molecule has 0 aromatic rings. The third-order valence-electron chi connectivity index (χ3n) is 15.6. The van der Waals surface area contributed by atoms with Crippen LogP contribution >= 0.6 is 15.6 Å². The van der Waals surface area contributed by atoms with Crippen molar-refractivity contribution in [3.8, 4) is 0 Å². The van der Waals surface area contributed by atoms with E-state index in [1.165, 1.54) is 38.5 Å². The second-order valence-electron chi connectivity index (χ2n) is 25.2. The maximum atomic E-state index is 13.1. The molecule has 0 fully saturated rings. The van der Waals surface area contributed by atoms with Crippen molar-refractivity contribution in [3.05, 3.63) is 134 Å². The Labute approximate surface area is 605 Å². The van der Waals surface area contributed by atoms with Crippen molar-refractivity contribution in [2.75, 3.05) is 39.6 Å². The van der Waals surface area contributed by atoms with Crippen LogP contribution in [0.5, 0.6) is 0 Å². The van der Waals surface area contributed by atoms with E-state index in [0.717, 1.165) is 180 Å². The lowest BCUT2D eigenvalue weighted by atomic mass is 10.1. The Hall–Kier alpha value is -4.80. The molecular formula is C81H136O17P2. The second kappa shape index (κ2) is 72.5. The minimum absolute atomic E-state index is 0.0741. The Bertz CT molecular complexity index is 2420. The Morgan fingerprint density at radius 2 is 0.520 bits per heavy atom. The van der Waals surface area contributed by atoms with Crippen LogP contribution in [-0.4, -0.2) is 96.7 Å². The fourth-order valence-electron chi connectivity index (χ4n) is 9.86. The van der Waals surface area contributed by atoms with Crippen LogP contribution in [0, 0.1) is 0 Å². The van der Waals surface area contributed by atoms with E-state index in [0.29, 0.717) is 25.7 Å². The van der Waals surface area contributed by atoms with Gasteiger partial charge in [-0.25, -0.2) is 9.13 Å². The van der Waals surface area contributed by atoms with Gasteiger partial charge in [-0.05, 0) is 135 Å². The van der Waals surface area contributed by atoms with E-state index in [1.807, 2.05) is 0 Å². The molecule has 0 amide bonds. The summed E-state index contributed by atoms with van der Waals surface area (Å²) in [4.78, 5) is 72.9. The zero-order valence-corrected chi connectivity index (χ0v) is 64.1. The predicted octanol–water partition coefficient (Wildman–Crippen LogP) is 22.1.